The van der Waals surface area contributed by atoms with Crippen molar-refractivity contribution in [2.24, 2.45) is 11.3 Å². The molecule has 16 heavy (non-hydrogen) atoms. The average Bonchev–Trinajstić information content (AvgIpc) is 2.76. The van der Waals surface area contributed by atoms with E-state index >= 15 is 0 Å². The minimum atomic E-state index is 0.329. The Balaban J connectivity index is 2.02. The molecular formula is C15H22O. The maximum atomic E-state index is 5.12. The zero-order valence-corrected chi connectivity index (χ0v) is 10.5. The summed E-state index contributed by atoms with van der Waals surface area (Å²) in [5.74, 6) is 0.764. The Morgan fingerprint density at radius 1 is 1.56 bits per heavy atom. The van der Waals surface area contributed by atoms with Crippen molar-refractivity contribution in [2.75, 3.05) is 0 Å². The van der Waals surface area contributed by atoms with Gasteiger partial charge in [-0.25, -0.2) is 0 Å². The summed E-state index contributed by atoms with van der Waals surface area (Å²) in [6.45, 7) is 9.06. The lowest BCUT2D eigenvalue weighted by atomic mass is 9.63. The molecule has 88 valence electrons. The fraction of sp³-hybridized carbons (Fsp3) is 0.600. The standard InChI is InChI=1S/C15H22O/c1-12-5-4-6-13(2)15(12,3)9-7-14-8-10-16-11-14/h8,10-11,13H,1,4-7,9H2,2-3H3/t13-,15-/m0/s1. The first-order valence-electron chi connectivity index (χ1n) is 6.32. The van der Waals surface area contributed by atoms with Crippen LogP contribution in [0.3, 0.4) is 0 Å². The Morgan fingerprint density at radius 3 is 3.00 bits per heavy atom. The van der Waals surface area contributed by atoms with E-state index < -0.39 is 0 Å². The van der Waals surface area contributed by atoms with Crippen molar-refractivity contribution >= 4 is 0 Å². The second-order valence-corrected chi connectivity index (χ2v) is 5.45. The molecule has 0 bridgehead atoms. The lowest BCUT2D eigenvalue weighted by Crippen LogP contribution is -2.31. The molecule has 0 spiro atoms. The second-order valence-electron chi connectivity index (χ2n) is 5.45. The normalized spacial score (nSPS) is 30.6. The number of rotatable bonds is 3. The third-order valence-electron chi connectivity index (χ3n) is 4.52. The summed E-state index contributed by atoms with van der Waals surface area (Å²) in [5.41, 5.74) is 3.09. The topological polar surface area (TPSA) is 13.1 Å². The van der Waals surface area contributed by atoms with Crippen LogP contribution in [0.15, 0.2) is 35.2 Å². The molecule has 0 unspecified atom stereocenters. The average molecular weight is 218 g/mol. The molecule has 1 fully saturated rings. The molecule has 1 aliphatic rings. The van der Waals surface area contributed by atoms with Gasteiger partial charge in [-0.05, 0) is 55.1 Å². The van der Waals surface area contributed by atoms with E-state index in [0.29, 0.717) is 5.41 Å². The van der Waals surface area contributed by atoms with E-state index in [1.54, 1.807) is 6.26 Å². The molecular weight excluding hydrogens is 196 g/mol. The van der Waals surface area contributed by atoms with Gasteiger partial charge >= 0.3 is 0 Å². The van der Waals surface area contributed by atoms with E-state index in [-0.39, 0.29) is 0 Å². The van der Waals surface area contributed by atoms with E-state index in [1.807, 2.05) is 6.26 Å². The minimum Gasteiger partial charge on any atom is -0.472 e. The first-order chi connectivity index (χ1) is 7.63. The molecule has 1 heteroatoms. The van der Waals surface area contributed by atoms with Gasteiger partial charge in [0.05, 0.1) is 12.5 Å². The smallest absolute Gasteiger partial charge is 0.0934 e. The van der Waals surface area contributed by atoms with Crippen molar-refractivity contribution in [3.05, 3.63) is 36.3 Å². The Bertz CT molecular complexity index is 350. The summed E-state index contributed by atoms with van der Waals surface area (Å²) in [7, 11) is 0. The third kappa shape index (κ3) is 2.09. The first kappa shape index (κ1) is 11.5. The highest BCUT2D eigenvalue weighted by molar-refractivity contribution is 5.15. The van der Waals surface area contributed by atoms with Gasteiger partial charge in [0, 0.05) is 0 Å². The summed E-state index contributed by atoms with van der Waals surface area (Å²) in [6.07, 6.45) is 9.81. The number of hydrogen-bond acceptors (Lipinski definition) is 1. The molecule has 1 saturated carbocycles. The molecule has 1 heterocycles. The van der Waals surface area contributed by atoms with Gasteiger partial charge in [0.15, 0.2) is 0 Å². The monoisotopic (exact) mass is 218 g/mol. The lowest BCUT2D eigenvalue weighted by Gasteiger charge is -2.42. The van der Waals surface area contributed by atoms with Gasteiger partial charge in [0.1, 0.15) is 0 Å². The van der Waals surface area contributed by atoms with Crippen LogP contribution >= 0.6 is 0 Å². The first-order valence-corrected chi connectivity index (χ1v) is 6.32. The summed E-state index contributed by atoms with van der Waals surface area (Å²) < 4.78 is 5.12. The molecule has 1 aliphatic carbocycles. The van der Waals surface area contributed by atoms with Gasteiger partial charge in [0.25, 0.3) is 0 Å². The molecule has 0 saturated heterocycles. The Hall–Kier alpha value is -0.980. The maximum absolute atomic E-state index is 5.12. The number of hydrogen-bond donors (Lipinski definition) is 0. The molecule has 1 nitrogen and oxygen atoms in total. The summed E-state index contributed by atoms with van der Waals surface area (Å²) in [4.78, 5) is 0. The Morgan fingerprint density at radius 2 is 2.38 bits per heavy atom. The summed E-state index contributed by atoms with van der Waals surface area (Å²) in [5, 5.41) is 0. The minimum absolute atomic E-state index is 0.329. The van der Waals surface area contributed by atoms with Crippen molar-refractivity contribution in [3.8, 4) is 0 Å². The van der Waals surface area contributed by atoms with E-state index in [0.717, 1.165) is 12.3 Å². The van der Waals surface area contributed by atoms with Crippen LogP contribution in [0.1, 0.15) is 45.1 Å². The van der Waals surface area contributed by atoms with E-state index in [4.69, 9.17) is 4.42 Å². The second kappa shape index (κ2) is 4.48. The highest BCUT2D eigenvalue weighted by Gasteiger charge is 2.35. The van der Waals surface area contributed by atoms with Gasteiger partial charge in [-0.3, -0.25) is 0 Å². The van der Waals surface area contributed by atoms with Crippen molar-refractivity contribution < 1.29 is 4.42 Å². The van der Waals surface area contributed by atoms with E-state index in [9.17, 15) is 0 Å². The zero-order valence-electron chi connectivity index (χ0n) is 10.5. The van der Waals surface area contributed by atoms with Gasteiger partial charge in [0.2, 0.25) is 0 Å². The van der Waals surface area contributed by atoms with Crippen LogP contribution in [0, 0.1) is 11.3 Å². The fourth-order valence-electron chi connectivity index (χ4n) is 2.84. The fourth-order valence-corrected chi connectivity index (χ4v) is 2.84. The molecule has 0 radical (unpaired) electrons. The number of furan rings is 1. The van der Waals surface area contributed by atoms with Gasteiger partial charge in [-0.2, -0.15) is 0 Å². The van der Waals surface area contributed by atoms with Crippen LogP contribution in [0.4, 0.5) is 0 Å². The van der Waals surface area contributed by atoms with Crippen molar-refractivity contribution in [3.63, 3.8) is 0 Å². The third-order valence-corrected chi connectivity index (χ3v) is 4.52. The maximum Gasteiger partial charge on any atom is 0.0934 e. The van der Waals surface area contributed by atoms with E-state index in [1.165, 1.54) is 36.8 Å². The predicted octanol–water partition coefficient (Wildman–Crippen LogP) is 4.59. The molecule has 1 aromatic rings. The Labute approximate surface area is 98.5 Å². The van der Waals surface area contributed by atoms with Crippen molar-refractivity contribution in [1.82, 2.24) is 0 Å². The van der Waals surface area contributed by atoms with Crippen LogP contribution < -0.4 is 0 Å². The molecule has 0 amide bonds. The molecule has 2 atom stereocenters. The highest BCUT2D eigenvalue weighted by Crippen LogP contribution is 2.47. The predicted molar refractivity (Wildman–Crippen MR) is 67.3 cm³/mol. The van der Waals surface area contributed by atoms with Crippen LogP contribution in [-0.2, 0) is 6.42 Å². The molecule has 1 aromatic heterocycles. The zero-order chi connectivity index (χ0) is 11.6. The lowest BCUT2D eigenvalue weighted by molar-refractivity contribution is 0.187. The SMILES string of the molecule is C=C1CCC[C@H](C)[C@@]1(C)CCc1ccoc1. The summed E-state index contributed by atoms with van der Waals surface area (Å²) in [6, 6.07) is 2.07. The molecule has 2 rings (SSSR count). The highest BCUT2D eigenvalue weighted by atomic mass is 16.3. The molecule has 0 N–H and O–H groups in total. The van der Waals surface area contributed by atoms with Gasteiger partial charge < -0.3 is 4.42 Å². The number of allylic oxidation sites excluding steroid dienone is 1. The Kier molecular flexibility index (Phi) is 3.22. The van der Waals surface area contributed by atoms with Gasteiger partial charge in [-0.1, -0.05) is 26.0 Å². The summed E-state index contributed by atoms with van der Waals surface area (Å²) >= 11 is 0. The van der Waals surface area contributed by atoms with Crippen LogP contribution in [0.2, 0.25) is 0 Å². The number of aryl methyl sites for hydroxylation is 1. The van der Waals surface area contributed by atoms with Crippen molar-refractivity contribution in [2.45, 2.75) is 46.0 Å². The van der Waals surface area contributed by atoms with Crippen LogP contribution in [0.5, 0.6) is 0 Å². The van der Waals surface area contributed by atoms with Crippen LogP contribution in [-0.4, -0.2) is 0 Å². The quantitative estimate of drug-likeness (QED) is 0.676. The molecule has 0 aliphatic heterocycles. The van der Waals surface area contributed by atoms with Gasteiger partial charge in [-0.15, -0.1) is 0 Å². The van der Waals surface area contributed by atoms with E-state index in [2.05, 4.69) is 26.5 Å². The largest absolute Gasteiger partial charge is 0.472 e. The van der Waals surface area contributed by atoms with Crippen LogP contribution in [0.25, 0.3) is 0 Å². The van der Waals surface area contributed by atoms with Crippen molar-refractivity contribution in [1.29, 1.82) is 0 Å². The molecule has 0 aromatic carbocycles.